The van der Waals surface area contributed by atoms with Crippen LogP contribution in [0.1, 0.15) is 19.4 Å². The minimum Gasteiger partial charge on any atom is -0.355 e. The number of carbonyl (C=O) groups is 1. The molecule has 20 heavy (non-hydrogen) atoms. The lowest BCUT2D eigenvalue weighted by Gasteiger charge is -2.19. The van der Waals surface area contributed by atoms with Crippen LogP contribution < -0.4 is 5.32 Å². The molecule has 0 atom stereocenters. The van der Waals surface area contributed by atoms with Gasteiger partial charge in [0.2, 0.25) is 11.7 Å². The Morgan fingerprint density at radius 2 is 2.15 bits per heavy atom. The van der Waals surface area contributed by atoms with Crippen LogP contribution in [0.15, 0.2) is 18.2 Å². The number of benzene rings is 1. The maximum atomic E-state index is 13.9. The summed E-state index contributed by atoms with van der Waals surface area (Å²) in [5, 5.41) is 13.3. The van der Waals surface area contributed by atoms with Gasteiger partial charge in [0.1, 0.15) is 0 Å². The van der Waals surface area contributed by atoms with Gasteiger partial charge in [-0.1, -0.05) is 19.1 Å². The molecule has 0 aliphatic heterocycles. The zero-order chi connectivity index (χ0) is 15.1. The Morgan fingerprint density at radius 3 is 2.70 bits per heavy atom. The second kappa shape index (κ2) is 7.54. The molecule has 6 nitrogen and oxygen atoms in total. The van der Waals surface area contributed by atoms with Gasteiger partial charge in [0.15, 0.2) is 0 Å². The number of nitro benzene ring substituents is 1. The molecule has 0 aromatic heterocycles. The van der Waals surface area contributed by atoms with E-state index < -0.39 is 16.4 Å². The summed E-state index contributed by atoms with van der Waals surface area (Å²) in [7, 11) is 0. The Bertz CT molecular complexity index is 494. The summed E-state index contributed by atoms with van der Waals surface area (Å²) in [5.74, 6) is -0.993. The van der Waals surface area contributed by atoms with E-state index in [0.29, 0.717) is 13.1 Å². The normalized spacial score (nSPS) is 10.6. The summed E-state index contributed by atoms with van der Waals surface area (Å²) in [6, 6.07) is 4.05. The summed E-state index contributed by atoms with van der Waals surface area (Å²) in [6.07, 6.45) is 0. The van der Waals surface area contributed by atoms with Crippen LogP contribution in [-0.4, -0.2) is 35.4 Å². The van der Waals surface area contributed by atoms with Crippen molar-refractivity contribution in [3.05, 3.63) is 39.7 Å². The van der Waals surface area contributed by atoms with Crippen molar-refractivity contribution in [2.45, 2.75) is 20.4 Å². The molecule has 0 unspecified atom stereocenters. The maximum absolute atomic E-state index is 13.9. The number of amides is 1. The number of nitrogens with one attached hydrogen (secondary N) is 1. The number of likely N-dealkylation sites (N-methyl/N-ethyl adjacent to an activating group) is 2. The van der Waals surface area contributed by atoms with E-state index in [1.54, 1.807) is 4.90 Å². The highest BCUT2D eigenvalue weighted by atomic mass is 19.1. The Kier molecular flexibility index (Phi) is 6.05. The van der Waals surface area contributed by atoms with E-state index in [1.807, 2.05) is 13.8 Å². The number of nitrogens with zero attached hydrogens (tertiary/aromatic N) is 2. The fraction of sp³-hybridized carbons (Fsp3) is 0.462. The van der Waals surface area contributed by atoms with Crippen molar-refractivity contribution in [2.75, 3.05) is 19.6 Å². The monoisotopic (exact) mass is 283 g/mol. The molecule has 0 heterocycles. The van der Waals surface area contributed by atoms with Crippen molar-refractivity contribution < 1.29 is 14.1 Å². The number of halogens is 1. The molecule has 1 amide bonds. The molecule has 7 heteroatoms. The van der Waals surface area contributed by atoms with E-state index in [-0.39, 0.29) is 24.6 Å². The first-order valence-electron chi connectivity index (χ1n) is 6.40. The number of hydrogen-bond donors (Lipinski definition) is 1. The summed E-state index contributed by atoms with van der Waals surface area (Å²) in [6.45, 7) is 5.01. The summed E-state index contributed by atoms with van der Waals surface area (Å²) in [5.41, 5.74) is -0.332. The molecule has 1 N–H and O–H groups in total. The van der Waals surface area contributed by atoms with Gasteiger partial charge in [0.25, 0.3) is 0 Å². The lowest BCUT2D eigenvalue weighted by Crippen LogP contribution is -2.36. The Morgan fingerprint density at radius 1 is 1.45 bits per heavy atom. The highest BCUT2D eigenvalue weighted by molar-refractivity contribution is 5.77. The molecule has 0 spiro atoms. The molecule has 0 aliphatic carbocycles. The summed E-state index contributed by atoms with van der Waals surface area (Å²) >= 11 is 0. The minimum atomic E-state index is -0.841. The van der Waals surface area contributed by atoms with E-state index in [2.05, 4.69) is 5.32 Å². The van der Waals surface area contributed by atoms with Gasteiger partial charge in [-0.3, -0.25) is 19.8 Å². The Balaban J connectivity index is 2.82. The first-order valence-corrected chi connectivity index (χ1v) is 6.40. The van der Waals surface area contributed by atoms with E-state index in [1.165, 1.54) is 12.1 Å². The van der Waals surface area contributed by atoms with Crippen LogP contribution in [0.4, 0.5) is 10.1 Å². The van der Waals surface area contributed by atoms with Gasteiger partial charge in [0.05, 0.1) is 11.5 Å². The highest BCUT2D eigenvalue weighted by Gasteiger charge is 2.19. The summed E-state index contributed by atoms with van der Waals surface area (Å²) < 4.78 is 13.9. The molecule has 0 fully saturated rings. The number of rotatable bonds is 7. The van der Waals surface area contributed by atoms with Crippen LogP contribution in [0, 0.1) is 15.9 Å². The molecule has 1 aromatic rings. The number of nitro groups is 1. The van der Waals surface area contributed by atoms with Gasteiger partial charge in [-0.05, 0) is 13.5 Å². The first-order chi connectivity index (χ1) is 9.49. The molecular formula is C13H18FN3O3. The lowest BCUT2D eigenvalue weighted by molar-refractivity contribution is -0.387. The van der Waals surface area contributed by atoms with Crippen LogP contribution in [0.25, 0.3) is 0 Å². The van der Waals surface area contributed by atoms with Gasteiger partial charge in [-0.25, -0.2) is 0 Å². The molecule has 0 aliphatic rings. The molecular weight excluding hydrogens is 265 g/mol. The van der Waals surface area contributed by atoms with Crippen molar-refractivity contribution >= 4 is 11.6 Å². The third-order valence-corrected chi connectivity index (χ3v) is 2.84. The summed E-state index contributed by atoms with van der Waals surface area (Å²) in [4.78, 5) is 23.2. The van der Waals surface area contributed by atoms with E-state index in [0.717, 1.165) is 6.07 Å². The van der Waals surface area contributed by atoms with Crippen LogP contribution in [0.3, 0.4) is 0 Å². The molecule has 0 saturated heterocycles. The predicted molar refractivity (Wildman–Crippen MR) is 72.7 cm³/mol. The van der Waals surface area contributed by atoms with Gasteiger partial charge in [-0.2, -0.15) is 4.39 Å². The zero-order valence-corrected chi connectivity index (χ0v) is 11.6. The van der Waals surface area contributed by atoms with E-state index >= 15 is 0 Å². The topological polar surface area (TPSA) is 75.5 Å². The molecule has 0 saturated carbocycles. The SMILES string of the molecule is CCNC(=O)CN(CC)Cc1cccc([N+](=O)[O-])c1F. The fourth-order valence-corrected chi connectivity index (χ4v) is 1.81. The van der Waals surface area contributed by atoms with Crippen molar-refractivity contribution in [3.63, 3.8) is 0 Å². The van der Waals surface area contributed by atoms with Gasteiger partial charge < -0.3 is 5.32 Å². The average molecular weight is 283 g/mol. The smallest absolute Gasteiger partial charge is 0.305 e. The van der Waals surface area contributed by atoms with Crippen LogP contribution >= 0.6 is 0 Å². The second-order valence-electron chi connectivity index (χ2n) is 4.26. The zero-order valence-electron chi connectivity index (χ0n) is 11.6. The average Bonchev–Trinajstić information content (AvgIpc) is 2.40. The predicted octanol–water partition coefficient (Wildman–Crippen LogP) is 1.69. The number of hydrogen-bond acceptors (Lipinski definition) is 4. The van der Waals surface area contributed by atoms with Crippen molar-refractivity contribution in [1.82, 2.24) is 10.2 Å². The molecule has 0 radical (unpaired) electrons. The first kappa shape index (κ1) is 16.0. The van der Waals surface area contributed by atoms with Crippen LogP contribution in [0.5, 0.6) is 0 Å². The molecule has 1 aromatic carbocycles. The van der Waals surface area contributed by atoms with Gasteiger partial charge in [-0.15, -0.1) is 0 Å². The largest absolute Gasteiger partial charge is 0.355 e. The van der Waals surface area contributed by atoms with Crippen molar-refractivity contribution in [1.29, 1.82) is 0 Å². The highest BCUT2D eigenvalue weighted by Crippen LogP contribution is 2.21. The van der Waals surface area contributed by atoms with E-state index in [9.17, 15) is 19.3 Å². The van der Waals surface area contributed by atoms with Crippen molar-refractivity contribution in [2.24, 2.45) is 0 Å². The second-order valence-corrected chi connectivity index (χ2v) is 4.26. The van der Waals surface area contributed by atoms with Gasteiger partial charge in [0, 0.05) is 24.7 Å². The van der Waals surface area contributed by atoms with Gasteiger partial charge >= 0.3 is 5.69 Å². The van der Waals surface area contributed by atoms with E-state index in [4.69, 9.17) is 0 Å². The minimum absolute atomic E-state index is 0.131. The van der Waals surface area contributed by atoms with Crippen LogP contribution in [-0.2, 0) is 11.3 Å². The molecule has 110 valence electrons. The van der Waals surface area contributed by atoms with Crippen molar-refractivity contribution in [3.8, 4) is 0 Å². The molecule has 1 rings (SSSR count). The fourth-order valence-electron chi connectivity index (χ4n) is 1.81. The quantitative estimate of drug-likeness (QED) is 0.610. The third kappa shape index (κ3) is 4.27. The van der Waals surface area contributed by atoms with Crippen LogP contribution in [0.2, 0.25) is 0 Å². The maximum Gasteiger partial charge on any atom is 0.305 e. The standard InChI is InChI=1S/C13H18FN3O3/c1-3-15-12(18)9-16(4-2)8-10-6-5-7-11(13(10)14)17(19)20/h5-7H,3-4,8-9H2,1-2H3,(H,15,18). The molecule has 0 bridgehead atoms. The Labute approximate surface area is 116 Å². The Hall–Kier alpha value is -2.02. The third-order valence-electron chi connectivity index (χ3n) is 2.84. The number of carbonyl (C=O) groups excluding carboxylic acids is 1. The lowest BCUT2D eigenvalue weighted by atomic mass is 10.1.